The summed E-state index contributed by atoms with van der Waals surface area (Å²) in [4.78, 5) is 21.4. The number of hydrogen-bond acceptors (Lipinski definition) is 6. The van der Waals surface area contributed by atoms with Crippen LogP contribution in [0.4, 0.5) is 5.69 Å². The van der Waals surface area contributed by atoms with E-state index in [0.717, 1.165) is 25.3 Å². The highest BCUT2D eigenvalue weighted by molar-refractivity contribution is 5.91. The fourth-order valence-corrected chi connectivity index (χ4v) is 1.32. The number of non-ortho nitro benzene ring substituents is 1. The number of allylic oxidation sites excluding steroid dienone is 1. The van der Waals surface area contributed by atoms with E-state index in [4.69, 9.17) is 10.5 Å². The van der Waals surface area contributed by atoms with Crippen LogP contribution in [0.3, 0.4) is 0 Å². The average Bonchev–Trinajstić information content (AvgIpc) is 2.43. The molecular weight excluding hydrogens is 250 g/mol. The lowest BCUT2D eigenvalue weighted by Gasteiger charge is -2.01. The van der Waals surface area contributed by atoms with Crippen LogP contribution >= 0.6 is 0 Å². The van der Waals surface area contributed by atoms with Crippen LogP contribution < -0.4 is 0 Å². The van der Waals surface area contributed by atoms with Crippen molar-refractivity contribution >= 4 is 17.7 Å². The van der Waals surface area contributed by atoms with Gasteiger partial charge in [-0.05, 0) is 17.7 Å². The number of nitro benzene ring substituents is 1. The van der Waals surface area contributed by atoms with Crippen molar-refractivity contribution in [1.29, 1.82) is 10.5 Å². The smallest absolute Gasteiger partial charge is 0.338 e. The van der Waals surface area contributed by atoms with E-state index in [1.165, 1.54) is 6.07 Å². The average molecular weight is 257 g/mol. The SMILES string of the molecule is COC(=O)c1cc(C=C(C#N)C#N)cc([N+](=O)[O-])c1. The molecule has 0 bridgehead atoms. The first-order valence-electron chi connectivity index (χ1n) is 4.91. The van der Waals surface area contributed by atoms with Crippen molar-refractivity contribution in [1.82, 2.24) is 0 Å². The number of methoxy groups -OCH3 is 1. The predicted molar refractivity (Wildman–Crippen MR) is 63.6 cm³/mol. The number of nitro groups is 1. The van der Waals surface area contributed by atoms with Crippen LogP contribution in [-0.4, -0.2) is 18.0 Å². The minimum absolute atomic E-state index is 0.0295. The molecule has 0 atom stereocenters. The molecule has 0 aliphatic heterocycles. The highest BCUT2D eigenvalue weighted by Gasteiger charge is 2.14. The highest BCUT2D eigenvalue weighted by atomic mass is 16.6. The first-order valence-corrected chi connectivity index (χ1v) is 4.91. The largest absolute Gasteiger partial charge is 0.465 e. The molecule has 0 aliphatic rings. The Hall–Kier alpha value is -3.19. The number of benzene rings is 1. The van der Waals surface area contributed by atoms with Crippen molar-refractivity contribution in [3.8, 4) is 12.1 Å². The van der Waals surface area contributed by atoms with Gasteiger partial charge >= 0.3 is 5.97 Å². The molecule has 0 N–H and O–H groups in total. The van der Waals surface area contributed by atoms with Crippen molar-refractivity contribution in [3.63, 3.8) is 0 Å². The van der Waals surface area contributed by atoms with Gasteiger partial charge in [-0.2, -0.15) is 10.5 Å². The zero-order valence-corrected chi connectivity index (χ0v) is 9.78. The molecule has 0 saturated heterocycles. The van der Waals surface area contributed by atoms with Crippen LogP contribution in [0.15, 0.2) is 23.8 Å². The van der Waals surface area contributed by atoms with Crippen LogP contribution in [0.1, 0.15) is 15.9 Å². The molecule has 7 heteroatoms. The first-order chi connectivity index (χ1) is 9.01. The summed E-state index contributed by atoms with van der Waals surface area (Å²) in [6.07, 6.45) is 1.15. The molecule has 0 heterocycles. The summed E-state index contributed by atoms with van der Waals surface area (Å²) < 4.78 is 4.47. The normalized spacial score (nSPS) is 8.79. The van der Waals surface area contributed by atoms with Gasteiger partial charge in [0.25, 0.3) is 5.69 Å². The summed E-state index contributed by atoms with van der Waals surface area (Å²) >= 11 is 0. The number of nitriles is 2. The Balaban J connectivity index is 3.42. The molecule has 0 aromatic heterocycles. The van der Waals surface area contributed by atoms with Gasteiger partial charge in [-0.25, -0.2) is 4.79 Å². The second-order valence-corrected chi connectivity index (χ2v) is 3.34. The summed E-state index contributed by atoms with van der Waals surface area (Å²) in [5, 5.41) is 28.0. The molecule has 19 heavy (non-hydrogen) atoms. The van der Waals surface area contributed by atoms with Crippen molar-refractivity contribution in [2.75, 3.05) is 7.11 Å². The van der Waals surface area contributed by atoms with Crippen molar-refractivity contribution in [2.45, 2.75) is 0 Å². The van der Waals surface area contributed by atoms with Gasteiger partial charge < -0.3 is 4.74 Å². The number of carbonyl (C=O) groups excluding carboxylic acids is 1. The molecule has 0 aliphatic carbocycles. The molecule has 0 radical (unpaired) electrons. The van der Waals surface area contributed by atoms with Crippen LogP contribution in [0.2, 0.25) is 0 Å². The number of nitrogens with zero attached hydrogens (tertiary/aromatic N) is 3. The van der Waals surface area contributed by atoms with Gasteiger partial charge in [0.2, 0.25) is 0 Å². The summed E-state index contributed by atoms with van der Waals surface area (Å²) in [5.41, 5.74) is -0.383. The summed E-state index contributed by atoms with van der Waals surface area (Å²) in [6, 6.07) is 6.76. The molecule has 0 saturated carbocycles. The van der Waals surface area contributed by atoms with Crippen LogP contribution in [0.25, 0.3) is 6.08 Å². The fraction of sp³-hybridized carbons (Fsp3) is 0.0833. The number of hydrogen-bond donors (Lipinski definition) is 0. The first kappa shape index (κ1) is 13.9. The van der Waals surface area contributed by atoms with Crippen molar-refractivity contribution in [2.24, 2.45) is 0 Å². The van der Waals surface area contributed by atoms with E-state index < -0.39 is 10.9 Å². The van der Waals surface area contributed by atoms with Gasteiger partial charge in [-0.15, -0.1) is 0 Å². The van der Waals surface area contributed by atoms with Gasteiger partial charge in [-0.1, -0.05) is 0 Å². The van der Waals surface area contributed by atoms with E-state index >= 15 is 0 Å². The molecule has 0 fully saturated rings. The monoisotopic (exact) mass is 257 g/mol. The van der Waals surface area contributed by atoms with Gasteiger partial charge in [-0.3, -0.25) is 10.1 Å². The van der Waals surface area contributed by atoms with Crippen molar-refractivity contribution < 1.29 is 14.5 Å². The zero-order valence-electron chi connectivity index (χ0n) is 9.78. The second kappa shape index (κ2) is 5.94. The van der Waals surface area contributed by atoms with E-state index in [-0.39, 0.29) is 22.4 Å². The maximum absolute atomic E-state index is 11.4. The number of carbonyl (C=O) groups is 1. The molecule has 0 spiro atoms. The van der Waals surface area contributed by atoms with Gasteiger partial charge in [0.15, 0.2) is 0 Å². The molecule has 1 rings (SSSR count). The van der Waals surface area contributed by atoms with Gasteiger partial charge in [0, 0.05) is 12.1 Å². The molecule has 1 aromatic rings. The van der Waals surface area contributed by atoms with E-state index in [1.807, 2.05) is 0 Å². The lowest BCUT2D eigenvalue weighted by molar-refractivity contribution is -0.384. The topological polar surface area (TPSA) is 117 Å². The molecule has 94 valence electrons. The van der Waals surface area contributed by atoms with E-state index in [2.05, 4.69) is 4.74 Å². The third-order valence-corrected chi connectivity index (χ3v) is 2.12. The summed E-state index contributed by atoms with van der Waals surface area (Å²) in [6.45, 7) is 0. The Labute approximate surface area is 108 Å². The van der Waals surface area contributed by atoms with Crippen molar-refractivity contribution in [3.05, 3.63) is 45.0 Å². The Kier molecular flexibility index (Phi) is 4.34. The summed E-state index contributed by atoms with van der Waals surface area (Å²) in [7, 11) is 1.15. The second-order valence-electron chi connectivity index (χ2n) is 3.34. The molecule has 0 amide bonds. The van der Waals surface area contributed by atoms with E-state index in [1.54, 1.807) is 12.1 Å². The quantitative estimate of drug-likeness (QED) is 0.352. The molecule has 7 nitrogen and oxygen atoms in total. The van der Waals surface area contributed by atoms with Gasteiger partial charge in [0.1, 0.15) is 17.7 Å². The lowest BCUT2D eigenvalue weighted by atomic mass is 10.1. The standard InChI is InChI=1S/C12H7N3O4/c1-19-12(16)10-3-8(2-9(6-13)7-14)4-11(5-10)15(17)18/h2-5H,1H3. The number of ether oxygens (including phenoxy) is 1. The van der Waals surface area contributed by atoms with Crippen LogP contribution in [0, 0.1) is 32.8 Å². The van der Waals surface area contributed by atoms with Gasteiger partial charge in [0.05, 0.1) is 17.6 Å². The molecule has 0 unspecified atom stereocenters. The molecule has 1 aromatic carbocycles. The predicted octanol–water partition coefficient (Wildman–Crippen LogP) is 1.81. The Morgan fingerprint density at radius 2 is 2.00 bits per heavy atom. The maximum Gasteiger partial charge on any atom is 0.338 e. The lowest BCUT2D eigenvalue weighted by Crippen LogP contribution is -2.02. The van der Waals surface area contributed by atoms with E-state index in [0.29, 0.717) is 0 Å². The third kappa shape index (κ3) is 3.38. The minimum Gasteiger partial charge on any atom is -0.465 e. The summed E-state index contributed by atoms with van der Waals surface area (Å²) in [5.74, 6) is -0.742. The zero-order chi connectivity index (χ0) is 14.4. The van der Waals surface area contributed by atoms with Crippen LogP contribution in [0.5, 0.6) is 0 Å². The Morgan fingerprint density at radius 1 is 1.37 bits per heavy atom. The fourth-order valence-electron chi connectivity index (χ4n) is 1.32. The highest BCUT2D eigenvalue weighted by Crippen LogP contribution is 2.20. The Morgan fingerprint density at radius 3 is 2.47 bits per heavy atom. The van der Waals surface area contributed by atoms with E-state index in [9.17, 15) is 14.9 Å². The Bertz CT molecular complexity index is 634. The number of esters is 1. The maximum atomic E-state index is 11.4. The van der Waals surface area contributed by atoms with Crippen LogP contribution in [-0.2, 0) is 4.74 Å². The number of rotatable bonds is 3. The molecular formula is C12H7N3O4. The minimum atomic E-state index is -0.742. The third-order valence-electron chi connectivity index (χ3n) is 2.12.